The van der Waals surface area contributed by atoms with Crippen LogP contribution in [-0.4, -0.2) is 65.8 Å². The minimum atomic E-state index is -1.24. The molecule has 8 nitrogen and oxygen atoms in total. The van der Waals surface area contributed by atoms with Crippen molar-refractivity contribution in [2.75, 3.05) is 11.2 Å². The maximum atomic E-state index is 11.6. The molecule has 0 saturated carbocycles. The summed E-state index contributed by atoms with van der Waals surface area (Å²) in [5.41, 5.74) is 5.46. The first-order valence-electron chi connectivity index (χ1n) is 4.91. The number of hydrogen-bond acceptors (Lipinski definition) is 6. The van der Waals surface area contributed by atoms with E-state index in [0.717, 1.165) is 0 Å². The number of ether oxygens (including phenoxy) is 1. The number of urea groups is 1. The van der Waals surface area contributed by atoms with Gasteiger partial charge in [-0.3, -0.25) is 0 Å². The molecule has 17 heavy (non-hydrogen) atoms. The zero-order chi connectivity index (χ0) is 12.6. The molecule has 4 atom stereocenters. The van der Waals surface area contributed by atoms with Crippen molar-refractivity contribution in [3.63, 3.8) is 0 Å². The summed E-state index contributed by atoms with van der Waals surface area (Å²) in [6.45, 7) is -0.419. The Morgan fingerprint density at radius 1 is 1.53 bits per heavy atom. The second-order valence-electron chi connectivity index (χ2n) is 3.67. The van der Waals surface area contributed by atoms with Gasteiger partial charge >= 0.3 is 107 Å². The number of alkyl halides is 1. The number of carbonyl (C=O) groups excluding carboxylic acids is 1. The second kappa shape index (κ2) is 5.02. The average molecular weight is 358 g/mol. The van der Waals surface area contributed by atoms with Gasteiger partial charge in [0.2, 0.25) is 0 Å². The first-order chi connectivity index (χ1) is 8.04. The van der Waals surface area contributed by atoms with Gasteiger partial charge < -0.3 is 0 Å². The number of halogens is 1. The second-order valence-corrected chi connectivity index (χ2v) is 6.22. The van der Waals surface area contributed by atoms with Crippen LogP contribution < -0.4 is 26.9 Å². The number of rotatable bonds is 2. The molecular weight excluding hydrogens is 345 g/mol. The quantitative estimate of drug-likeness (QED) is 0.221. The Morgan fingerprint density at radius 3 is 2.76 bits per heavy atom. The van der Waals surface area contributed by atoms with Crippen LogP contribution in [0.4, 0.5) is 4.79 Å². The minimum absolute atomic E-state index is 0.344. The number of amidine groups is 1. The summed E-state index contributed by atoms with van der Waals surface area (Å²) < 4.78 is 5.96. The van der Waals surface area contributed by atoms with Gasteiger partial charge in [0.1, 0.15) is 0 Å². The van der Waals surface area contributed by atoms with Gasteiger partial charge in [0.25, 0.3) is 0 Å². The number of aliphatic imine (C=N–C) groups is 1. The zero-order valence-corrected chi connectivity index (χ0v) is 10.9. The summed E-state index contributed by atoms with van der Waals surface area (Å²) in [5.74, 6) is 0. The summed E-state index contributed by atoms with van der Waals surface area (Å²) in [7, 11) is 0. The molecule has 1 fully saturated rings. The van der Waals surface area contributed by atoms with E-state index in [9.17, 15) is 15.0 Å². The summed E-state index contributed by atoms with van der Waals surface area (Å²) in [6.07, 6.45) is -4.30. The van der Waals surface area contributed by atoms with Crippen LogP contribution >= 0.6 is 0 Å². The molecule has 2 rings (SSSR count). The summed E-state index contributed by atoms with van der Waals surface area (Å²) in [5, 5.41) is 28.3. The summed E-state index contributed by atoms with van der Waals surface area (Å²) in [4.78, 5) is 16.4. The van der Waals surface area contributed by atoms with Gasteiger partial charge in [-0.15, -0.1) is 0 Å². The predicted octanol–water partition coefficient (Wildman–Crippen LogP) is -5.78. The van der Waals surface area contributed by atoms with Crippen molar-refractivity contribution in [2.45, 2.75) is 24.5 Å². The van der Waals surface area contributed by atoms with Crippen LogP contribution in [-0.2, 0) is 4.74 Å². The Morgan fingerprint density at radius 2 is 2.24 bits per heavy atom. The van der Waals surface area contributed by atoms with E-state index in [1.807, 2.05) is 0 Å². The fourth-order valence-corrected chi connectivity index (χ4v) is 3.45. The maximum absolute atomic E-state index is 11.6. The number of aliphatic hydroxyl groups excluding tert-OH is 3. The van der Waals surface area contributed by atoms with Crippen molar-refractivity contribution in [1.82, 2.24) is 4.90 Å². The molecule has 0 spiro atoms. The van der Waals surface area contributed by atoms with E-state index in [4.69, 9.17) is 15.6 Å². The van der Waals surface area contributed by atoms with Crippen molar-refractivity contribution in [1.29, 1.82) is 0 Å². The molecule has 1 saturated heterocycles. The molecule has 98 valence electrons. The van der Waals surface area contributed by atoms with Gasteiger partial charge in [0, 0.05) is 0 Å². The summed E-state index contributed by atoms with van der Waals surface area (Å²) >= 11 is -0.589. The Bertz CT molecular complexity index is 352. The van der Waals surface area contributed by atoms with E-state index < -0.39 is 58.4 Å². The third kappa shape index (κ3) is 2.38. The number of aliphatic hydroxyl groups is 3. The Hall–Kier alpha value is -0.490. The van der Waals surface area contributed by atoms with Crippen LogP contribution in [0.1, 0.15) is 0 Å². The topological polar surface area (TPSA) is 129 Å². The van der Waals surface area contributed by atoms with E-state index in [0.29, 0.717) is 8.39 Å². The van der Waals surface area contributed by atoms with Crippen LogP contribution in [0.25, 0.3) is 0 Å². The first-order valence-corrected chi connectivity index (χ1v) is 7.51. The molecule has 9 heteroatoms. The molecule has 0 unspecified atom stereocenters. The molecule has 2 aliphatic rings. The number of carbonyl (C=O) groups is 1. The fourth-order valence-electron chi connectivity index (χ4n) is 1.68. The third-order valence-electron chi connectivity index (χ3n) is 2.60. The normalized spacial score (nSPS) is 38.9. The zero-order valence-electron chi connectivity index (χ0n) is 8.73. The van der Waals surface area contributed by atoms with E-state index in [1.165, 1.54) is 4.90 Å². The Balaban J connectivity index is 2.11. The SMILES string of the molecule is NC1=NC(=O)N([C@@H]2O[C@H](CO)[C@@H](O)[C@H]2O)C[I-]1. The molecule has 0 bridgehead atoms. The molecular formula is C8H13IN3O5-. The molecule has 2 heterocycles. The Labute approximate surface area is 107 Å². The van der Waals surface area contributed by atoms with Crippen molar-refractivity contribution in [3.05, 3.63) is 0 Å². The van der Waals surface area contributed by atoms with Gasteiger partial charge in [-0.2, -0.15) is 0 Å². The van der Waals surface area contributed by atoms with E-state index in [1.54, 1.807) is 0 Å². The molecule has 0 aliphatic carbocycles. The summed E-state index contributed by atoms with van der Waals surface area (Å²) in [6, 6.07) is -0.580. The number of nitrogens with two attached hydrogens (primary N) is 1. The van der Waals surface area contributed by atoms with Crippen LogP contribution in [0, 0.1) is 0 Å². The Kier molecular flexibility index (Phi) is 3.82. The van der Waals surface area contributed by atoms with Gasteiger partial charge in [-0.05, 0) is 0 Å². The molecule has 0 aromatic rings. The van der Waals surface area contributed by atoms with Crippen molar-refractivity contribution >= 4 is 9.87 Å². The molecule has 0 radical (unpaired) electrons. The van der Waals surface area contributed by atoms with Crippen molar-refractivity contribution in [3.8, 4) is 0 Å². The van der Waals surface area contributed by atoms with Crippen LogP contribution in [0.2, 0.25) is 0 Å². The average Bonchev–Trinajstić information content (AvgIpc) is 2.57. The molecule has 0 aromatic carbocycles. The fraction of sp³-hybridized carbons (Fsp3) is 0.750. The van der Waals surface area contributed by atoms with Crippen LogP contribution in [0.3, 0.4) is 0 Å². The molecule has 2 aliphatic heterocycles. The van der Waals surface area contributed by atoms with Crippen LogP contribution in [0.5, 0.6) is 0 Å². The van der Waals surface area contributed by atoms with Crippen LogP contribution in [0.15, 0.2) is 4.99 Å². The van der Waals surface area contributed by atoms with Crippen molar-refractivity contribution in [2.24, 2.45) is 10.7 Å². The predicted molar refractivity (Wildman–Crippen MR) is 51.5 cm³/mol. The van der Waals surface area contributed by atoms with Gasteiger partial charge in [-0.1, -0.05) is 0 Å². The van der Waals surface area contributed by atoms with Gasteiger partial charge in [0.05, 0.1) is 0 Å². The van der Waals surface area contributed by atoms with E-state index in [-0.39, 0.29) is 0 Å². The van der Waals surface area contributed by atoms with Gasteiger partial charge in [0.15, 0.2) is 0 Å². The van der Waals surface area contributed by atoms with E-state index in [2.05, 4.69) is 4.99 Å². The first kappa shape index (κ1) is 13.0. The number of hydrogen-bond donors (Lipinski definition) is 4. The molecule has 0 aromatic heterocycles. The monoisotopic (exact) mass is 358 g/mol. The number of amides is 2. The van der Waals surface area contributed by atoms with E-state index >= 15 is 0 Å². The number of nitrogens with zero attached hydrogens (tertiary/aromatic N) is 2. The molecule has 2 amide bonds. The third-order valence-corrected chi connectivity index (χ3v) is 4.70. The molecule has 5 N–H and O–H groups in total. The standard InChI is InChI=1S/C8H13IN3O5/c10-7-9-2-12(8(16)11-7)6-5(15)4(14)3(1-13)17-6/h3-6,13-15H,1-2H2,(H2,10,11,16)/q-1/t3-,4-,5-,6-/m1/s1. The van der Waals surface area contributed by atoms with Crippen molar-refractivity contribution < 1.29 is 46.1 Å². The van der Waals surface area contributed by atoms with Gasteiger partial charge in [-0.25, -0.2) is 0 Å².